The summed E-state index contributed by atoms with van der Waals surface area (Å²) in [5, 5.41) is 7.18. The number of fused-ring (bicyclic) bond motifs is 2. The fraction of sp³-hybridized carbons (Fsp3) is 0.0244. The first-order valence-corrected chi connectivity index (χ1v) is 26.4. The summed E-state index contributed by atoms with van der Waals surface area (Å²) in [5.41, 5.74) is 0. The van der Waals surface area contributed by atoms with Gasteiger partial charge in [-0.1, -0.05) is 48.0 Å². The van der Waals surface area contributed by atoms with E-state index in [2.05, 4.69) is 78.1 Å². The molecule has 18 heteroatoms. The van der Waals surface area contributed by atoms with E-state index in [-0.39, 0.29) is 11.8 Å². The van der Waals surface area contributed by atoms with Crippen LogP contribution >= 0.6 is 139 Å². The van der Waals surface area contributed by atoms with Gasteiger partial charge in [-0.2, -0.15) is 0 Å². The van der Waals surface area contributed by atoms with Gasteiger partial charge in [0.15, 0.2) is 0 Å². The van der Waals surface area contributed by atoms with Crippen LogP contribution in [0.1, 0.15) is 9.75 Å². The van der Waals surface area contributed by atoms with E-state index in [4.69, 9.17) is 34.4 Å². The molecular formula is C41H20N4O2S12. The van der Waals surface area contributed by atoms with Crippen LogP contribution in [0.2, 0.25) is 0 Å². The molecule has 0 aliphatic carbocycles. The van der Waals surface area contributed by atoms with Crippen molar-refractivity contribution in [1.82, 2.24) is 20.2 Å². The Morgan fingerprint density at radius 3 is 1.49 bits per heavy atom. The molecule has 2 aliphatic rings. The Morgan fingerprint density at radius 1 is 0.542 bits per heavy atom. The predicted molar refractivity (Wildman–Crippen MR) is 270 cm³/mol. The topological polar surface area (TPSA) is 75.2 Å². The van der Waals surface area contributed by atoms with Crippen molar-refractivity contribution in [1.29, 1.82) is 0 Å². The van der Waals surface area contributed by atoms with Crippen molar-refractivity contribution in [2.45, 2.75) is 0 Å². The van der Waals surface area contributed by atoms with Crippen molar-refractivity contribution >= 4 is 191 Å². The first-order valence-electron chi connectivity index (χ1n) is 17.4. The lowest BCUT2D eigenvalue weighted by Crippen LogP contribution is -2.22. The first kappa shape index (κ1) is 38.4. The van der Waals surface area contributed by atoms with Crippen LogP contribution in [-0.2, 0) is 9.59 Å². The summed E-state index contributed by atoms with van der Waals surface area (Å²) in [6, 6.07) is 26.2. The lowest BCUT2D eigenvalue weighted by molar-refractivity contribution is -0.121. The Hall–Kier alpha value is -3.50. The van der Waals surface area contributed by atoms with Gasteiger partial charge >= 0.3 is 0 Å². The first-order chi connectivity index (χ1) is 28.7. The molecular weight excluding hydrogens is 965 g/mol. The molecule has 10 heterocycles. The zero-order valence-electron chi connectivity index (χ0n) is 29.8. The Balaban J connectivity index is 0.783. The lowest BCUT2D eigenvalue weighted by Gasteiger charge is -2.03. The molecule has 0 spiro atoms. The van der Waals surface area contributed by atoms with Gasteiger partial charge in [0.1, 0.15) is 18.7 Å². The number of nitrogens with zero attached hydrogens (tertiary/aromatic N) is 3. The molecule has 0 bridgehead atoms. The Kier molecular flexibility index (Phi) is 10.1. The van der Waals surface area contributed by atoms with Gasteiger partial charge in [0.25, 0.3) is 11.8 Å². The van der Waals surface area contributed by atoms with Crippen molar-refractivity contribution in [2.75, 3.05) is 7.05 Å². The van der Waals surface area contributed by atoms with Crippen molar-refractivity contribution in [2.24, 2.45) is 0 Å². The molecule has 0 saturated carbocycles. The summed E-state index contributed by atoms with van der Waals surface area (Å²) in [4.78, 5) is 50.9. The number of amides is 2. The summed E-state index contributed by atoms with van der Waals surface area (Å²) in [6.45, 7) is 0. The molecule has 6 nitrogen and oxygen atoms in total. The molecule has 0 unspecified atom stereocenters. The molecule has 0 radical (unpaired) electrons. The minimum atomic E-state index is -0.132. The number of thiophene rings is 6. The SMILES string of the molecule is CN1C(=O)/C(=C/c2ccc(-c3ccc(-c4cnc(-c5cc6cc7sc(-c8ncc(-c9ccc(-c%10ccc(/C=C%11\SC(=S)NC%11=O)s%10)s9)s8)cc7cc6s5)s4)s3)s2)SC1=S. The molecule has 8 aromatic heterocycles. The zero-order valence-corrected chi connectivity index (χ0v) is 39.6. The van der Waals surface area contributed by atoms with E-state index in [9.17, 15) is 9.59 Å². The largest absolute Gasteiger partial charge is 0.307 e. The molecule has 2 saturated heterocycles. The maximum absolute atomic E-state index is 12.5. The number of hydrogen-bond donors (Lipinski definition) is 1. The number of benzene rings is 1. The van der Waals surface area contributed by atoms with Gasteiger partial charge in [0.05, 0.1) is 29.3 Å². The molecule has 0 atom stereocenters. The predicted octanol–water partition coefficient (Wildman–Crippen LogP) is 14.6. The second-order valence-corrected chi connectivity index (χ2v) is 25.1. The van der Waals surface area contributed by atoms with Gasteiger partial charge in [-0.3, -0.25) is 14.5 Å². The third kappa shape index (κ3) is 7.40. The molecule has 2 fully saturated rings. The molecule has 288 valence electrons. The van der Waals surface area contributed by atoms with Crippen molar-refractivity contribution in [3.63, 3.8) is 0 Å². The number of likely N-dealkylation sites (N-methyl/N-ethyl adjacent to an activating group) is 1. The average Bonchev–Trinajstić information content (AvgIpc) is 4.05. The quantitative estimate of drug-likeness (QED) is 0.119. The number of nitrogens with one attached hydrogen (secondary N) is 1. The van der Waals surface area contributed by atoms with E-state index < -0.39 is 0 Å². The molecule has 2 amide bonds. The van der Waals surface area contributed by atoms with Crippen molar-refractivity contribution < 1.29 is 9.59 Å². The summed E-state index contributed by atoms with van der Waals surface area (Å²) >= 11 is 27.0. The molecule has 1 N–H and O–H groups in total. The maximum atomic E-state index is 12.5. The van der Waals surface area contributed by atoms with Crippen LogP contribution in [0.5, 0.6) is 0 Å². The van der Waals surface area contributed by atoms with Gasteiger partial charge in [-0.15, -0.1) is 90.7 Å². The number of hydrogen-bond acceptors (Lipinski definition) is 16. The summed E-state index contributed by atoms with van der Waals surface area (Å²) < 4.78 is 3.58. The van der Waals surface area contributed by atoms with Gasteiger partial charge < -0.3 is 5.32 Å². The number of thiazole rings is 2. The van der Waals surface area contributed by atoms with Gasteiger partial charge in [0, 0.05) is 67.9 Å². The monoisotopic (exact) mass is 984 g/mol. The lowest BCUT2D eigenvalue weighted by atomic mass is 10.2. The second-order valence-electron chi connectivity index (χ2n) is 13.0. The highest BCUT2D eigenvalue weighted by molar-refractivity contribution is 8.27. The highest BCUT2D eigenvalue weighted by Gasteiger charge is 2.29. The summed E-state index contributed by atoms with van der Waals surface area (Å²) in [5.74, 6) is -0.176. The number of carbonyl (C=O) groups is 2. The number of carbonyl (C=O) groups excluding carboxylic acids is 2. The molecule has 9 aromatic rings. The number of rotatable bonds is 8. The fourth-order valence-electron chi connectivity index (χ4n) is 6.34. The Morgan fingerprint density at radius 2 is 1.02 bits per heavy atom. The third-order valence-corrected chi connectivity index (χ3v) is 21.4. The number of thioether (sulfide) groups is 2. The van der Waals surface area contributed by atoms with Gasteiger partial charge in [-0.25, -0.2) is 9.97 Å². The number of thiocarbonyl (C=S) groups is 2. The minimum absolute atomic E-state index is 0.0439. The van der Waals surface area contributed by atoms with Crippen LogP contribution < -0.4 is 5.32 Å². The smallest absolute Gasteiger partial charge is 0.265 e. The summed E-state index contributed by atoms with van der Waals surface area (Å²) in [7, 11) is 1.72. The molecule has 11 rings (SSSR count). The van der Waals surface area contributed by atoms with E-state index >= 15 is 0 Å². The second kappa shape index (κ2) is 15.4. The minimum Gasteiger partial charge on any atom is -0.307 e. The normalized spacial score (nSPS) is 16.1. The molecule has 59 heavy (non-hydrogen) atoms. The van der Waals surface area contributed by atoms with Crippen LogP contribution in [0, 0.1) is 0 Å². The van der Waals surface area contributed by atoms with Crippen LogP contribution in [0.3, 0.4) is 0 Å². The van der Waals surface area contributed by atoms with Crippen molar-refractivity contribution in [3.8, 4) is 58.8 Å². The van der Waals surface area contributed by atoms with E-state index in [0.29, 0.717) is 18.5 Å². The molecule has 1 aromatic carbocycles. The van der Waals surface area contributed by atoms with E-state index in [1.165, 1.54) is 87.6 Å². The third-order valence-electron chi connectivity index (χ3n) is 9.20. The highest BCUT2D eigenvalue weighted by Crippen LogP contribution is 2.47. The highest BCUT2D eigenvalue weighted by atomic mass is 32.2. The van der Waals surface area contributed by atoms with Crippen molar-refractivity contribution in [3.05, 3.63) is 105 Å². The standard InChI is InChI=1S/C41H20N4O2S12/c1-45-39(47)33(59-41(45)49)15-21-3-5-23(51-21)25-7-9-27(53-25)35-17-43-38(57-35)32-13-19-11-28-18(10-29(19)55-32)12-31(54-28)37-42-16-34(56-37)26-8-6-24(52-26)22-4-2-20(50-22)14-30-36(46)44-40(48)58-30/h2-17H,1H3,(H,44,46,48)/b30-14-,33-15-. The van der Waals surface area contributed by atoms with E-state index in [0.717, 1.165) is 29.5 Å². The molecule has 2 aliphatic heterocycles. The van der Waals surface area contributed by atoms with E-state index in [1.807, 2.05) is 24.5 Å². The number of aromatic nitrogens is 2. The van der Waals surface area contributed by atoms with Gasteiger partial charge in [-0.05, 0) is 95.7 Å². The Labute approximate surface area is 387 Å². The van der Waals surface area contributed by atoms with Gasteiger partial charge in [0.2, 0.25) is 0 Å². The van der Waals surface area contributed by atoms with Crippen LogP contribution in [0.15, 0.2) is 95.0 Å². The average molecular weight is 985 g/mol. The fourth-order valence-corrected chi connectivity index (χ4v) is 17.1. The summed E-state index contributed by atoms with van der Waals surface area (Å²) in [6.07, 6.45) is 7.82. The van der Waals surface area contributed by atoms with E-state index in [1.54, 1.807) is 97.7 Å². The zero-order chi connectivity index (χ0) is 39.9. The van der Waals surface area contributed by atoms with Crippen LogP contribution in [-0.4, -0.2) is 42.4 Å². The van der Waals surface area contributed by atoms with Crippen LogP contribution in [0.4, 0.5) is 0 Å². The van der Waals surface area contributed by atoms with Crippen LogP contribution in [0.25, 0.3) is 91.1 Å². The Bertz CT molecular complexity index is 3230. The maximum Gasteiger partial charge on any atom is 0.265 e.